The van der Waals surface area contributed by atoms with E-state index in [4.69, 9.17) is 9.47 Å². The third kappa shape index (κ3) is 4.57. The minimum atomic E-state index is -3.71. The van der Waals surface area contributed by atoms with Crippen molar-refractivity contribution in [3.63, 3.8) is 0 Å². The van der Waals surface area contributed by atoms with Crippen LogP contribution in [0.1, 0.15) is 20.7 Å². The van der Waals surface area contributed by atoms with E-state index in [-0.39, 0.29) is 29.1 Å². The van der Waals surface area contributed by atoms with Gasteiger partial charge in [0.25, 0.3) is 0 Å². The summed E-state index contributed by atoms with van der Waals surface area (Å²) in [4.78, 5) is 28.0. The number of rotatable bonds is 6. The first kappa shape index (κ1) is 19.2. The Bertz CT molecular complexity index is 924. The Morgan fingerprint density at radius 3 is 2.56 bits per heavy atom. The van der Waals surface area contributed by atoms with E-state index >= 15 is 0 Å². The fourth-order valence-electron chi connectivity index (χ4n) is 2.55. The van der Waals surface area contributed by atoms with Gasteiger partial charge < -0.3 is 9.47 Å². The van der Waals surface area contributed by atoms with Crippen LogP contribution in [0.25, 0.3) is 0 Å². The standard InChI is InChI=1S/C18H18N2O6S/c21-17(13-26-18(22)15-4-2-6-19-12-15)14-3-1-5-16(11-14)27(23,24)20-7-9-25-10-8-20/h1-6,11-12H,7-10,13H2. The largest absolute Gasteiger partial charge is 0.454 e. The molecule has 2 heterocycles. The lowest BCUT2D eigenvalue weighted by Gasteiger charge is -2.26. The van der Waals surface area contributed by atoms with E-state index in [2.05, 4.69) is 4.98 Å². The maximum absolute atomic E-state index is 12.7. The van der Waals surface area contributed by atoms with Crippen molar-refractivity contribution in [3.8, 4) is 0 Å². The molecule has 0 aliphatic carbocycles. The molecule has 1 aliphatic heterocycles. The highest BCUT2D eigenvalue weighted by Crippen LogP contribution is 2.18. The van der Waals surface area contributed by atoms with Crippen LogP contribution in [0, 0.1) is 0 Å². The summed E-state index contributed by atoms with van der Waals surface area (Å²) in [7, 11) is -3.71. The molecule has 8 nitrogen and oxygen atoms in total. The molecule has 0 unspecified atom stereocenters. The van der Waals surface area contributed by atoms with E-state index in [1.165, 1.54) is 47.0 Å². The molecule has 3 rings (SSSR count). The summed E-state index contributed by atoms with van der Waals surface area (Å²) in [6, 6.07) is 8.81. The zero-order valence-electron chi connectivity index (χ0n) is 14.4. The number of Topliss-reactive ketones (excluding diaryl/α,β-unsaturated/α-hetero) is 1. The number of hydrogen-bond acceptors (Lipinski definition) is 7. The molecule has 0 spiro atoms. The Labute approximate surface area is 156 Å². The number of benzene rings is 1. The summed E-state index contributed by atoms with van der Waals surface area (Å²) < 4.78 is 36.8. The Morgan fingerprint density at radius 1 is 1.11 bits per heavy atom. The van der Waals surface area contributed by atoms with Gasteiger partial charge in [-0.05, 0) is 24.3 Å². The number of esters is 1. The highest BCUT2D eigenvalue weighted by molar-refractivity contribution is 7.89. The lowest BCUT2D eigenvalue weighted by atomic mass is 10.1. The van der Waals surface area contributed by atoms with Gasteiger partial charge in [0.15, 0.2) is 12.4 Å². The normalized spacial score (nSPS) is 15.3. The Morgan fingerprint density at radius 2 is 1.85 bits per heavy atom. The fourth-order valence-corrected chi connectivity index (χ4v) is 4.00. The predicted octanol–water partition coefficient (Wildman–Crippen LogP) is 1.14. The SMILES string of the molecule is O=C(COC(=O)c1cccnc1)c1cccc(S(=O)(=O)N2CCOCC2)c1. The molecule has 1 saturated heterocycles. The minimum absolute atomic E-state index is 0.0221. The van der Waals surface area contributed by atoms with Crippen molar-refractivity contribution in [3.05, 3.63) is 59.9 Å². The monoisotopic (exact) mass is 390 g/mol. The van der Waals surface area contributed by atoms with Crippen molar-refractivity contribution in [1.29, 1.82) is 0 Å². The summed E-state index contributed by atoms with van der Waals surface area (Å²) in [5, 5.41) is 0. The van der Waals surface area contributed by atoms with Crippen LogP contribution in [0.15, 0.2) is 53.7 Å². The van der Waals surface area contributed by atoms with Crippen LogP contribution < -0.4 is 0 Å². The molecule has 0 saturated carbocycles. The van der Waals surface area contributed by atoms with Crippen LogP contribution >= 0.6 is 0 Å². The van der Waals surface area contributed by atoms with Gasteiger partial charge in [-0.1, -0.05) is 12.1 Å². The van der Waals surface area contributed by atoms with Crippen LogP contribution in [0.4, 0.5) is 0 Å². The Balaban J connectivity index is 1.69. The van der Waals surface area contributed by atoms with E-state index in [0.29, 0.717) is 13.2 Å². The summed E-state index contributed by atoms with van der Waals surface area (Å²) in [5.41, 5.74) is 0.386. The Hall–Kier alpha value is -2.62. The van der Waals surface area contributed by atoms with Gasteiger partial charge >= 0.3 is 5.97 Å². The molecule has 9 heteroatoms. The molecular weight excluding hydrogens is 372 g/mol. The second-order valence-corrected chi connectivity index (χ2v) is 7.72. The van der Waals surface area contributed by atoms with E-state index in [0.717, 1.165) is 0 Å². The topological polar surface area (TPSA) is 103 Å². The molecule has 0 radical (unpaired) electrons. The molecular formula is C18H18N2O6S. The summed E-state index contributed by atoms with van der Waals surface area (Å²) in [6.07, 6.45) is 2.85. The quantitative estimate of drug-likeness (QED) is 0.538. The molecule has 142 valence electrons. The number of sulfonamides is 1. The molecule has 27 heavy (non-hydrogen) atoms. The highest BCUT2D eigenvalue weighted by atomic mass is 32.2. The first-order chi connectivity index (χ1) is 13.0. The third-order valence-corrected chi connectivity index (χ3v) is 5.89. The zero-order chi connectivity index (χ0) is 19.3. The van der Waals surface area contributed by atoms with Crippen molar-refractivity contribution >= 4 is 21.8 Å². The average Bonchev–Trinajstić information content (AvgIpc) is 2.73. The van der Waals surface area contributed by atoms with Crippen molar-refractivity contribution < 1.29 is 27.5 Å². The number of pyridine rings is 1. The molecule has 0 atom stereocenters. The molecule has 1 aromatic carbocycles. The van der Waals surface area contributed by atoms with Gasteiger partial charge in [0.2, 0.25) is 10.0 Å². The molecule has 1 fully saturated rings. The number of ether oxygens (including phenoxy) is 2. The average molecular weight is 390 g/mol. The predicted molar refractivity (Wildman–Crippen MR) is 94.9 cm³/mol. The highest BCUT2D eigenvalue weighted by Gasteiger charge is 2.27. The van der Waals surface area contributed by atoms with Crippen LogP contribution in [0.3, 0.4) is 0 Å². The minimum Gasteiger partial charge on any atom is -0.454 e. The van der Waals surface area contributed by atoms with Gasteiger partial charge in [-0.25, -0.2) is 13.2 Å². The van der Waals surface area contributed by atoms with E-state index in [1.807, 2.05) is 0 Å². The molecule has 1 aromatic heterocycles. The second-order valence-electron chi connectivity index (χ2n) is 5.79. The van der Waals surface area contributed by atoms with Crippen molar-refractivity contribution in [2.45, 2.75) is 4.90 Å². The van der Waals surface area contributed by atoms with Gasteiger partial charge in [-0.3, -0.25) is 9.78 Å². The fraction of sp³-hybridized carbons (Fsp3) is 0.278. The van der Waals surface area contributed by atoms with Crippen LogP contribution in [-0.4, -0.2) is 62.4 Å². The number of carbonyl (C=O) groups excluding carboxylic acids is 2. The van der Waals surface area contributed by atoms with Crippen molar-refractivity contribution in [2.24, 2.45) is 0 Å². The zero-order valence-corrected chi connectivity index (χ0v) is 15.2. The van der Waals surface area contributed by atoms with Crippen LogP contribution in [0.2, 0.25) is 0 Å². The van der Waals surface area contributed by atoms with E-state index in [1.54, 1.807) is 6.07 Å². The molecule has 1 aliphatic rings. The third-order valence-electron chi connectivity index (χ3n) is 4.00. The number of aromatic nitrogens is 1. The number of carbonyl (C=O) groups is 2. The van der Waals surface area contributed by atoms with Gasteiger partial charge in [0, 0.05) is 31.0 Å². The van der Waals surface area contributed by atoms with Gasteiger partial charge in [-0.15, -0.1) is 0 Å². The number of morpholine rings is 1. The first-order valence-electron chi connectivity index (χ1n) is 8.27. The van der Waals surface area contributed by atoms with Gasteiger partial charge in [0.05, 0.1) is 23.7 Å². The number of nitrogens with zero attached hydrogens (tertiary/aromatic N) is 2. The van der Waals surface area contributed by atoms with Crippen LogP contribution in [-0.2, 0) is 19.5 Å². The molecule has 2 aromatic rings. The molecule has 0 N–H and O–H groups in total. The van der Waals surface area contributed by atoms with Crippen molar-refractivity contribution in [1.82, 2.24) is 9.29 Å². The lowest BCUT2D eigenvalue weighted by Crippen LogP contribution is -2.40. The van der Waals surface area contributed by atoms with Crippen molar-refractivity contribution in [2.75, 3.05) is 32.9 Å². The van der Waals surface area contributed by atoms with E-state index < -0.39 is 28.4 Å². The summed E-state index contributed by atoms with van der Waals surface area (Å²) in [5.74, 6) is -1.17. The van der Waals surface area contributed by atoms with Gasteiger partial charge in [0.1, 0.15) is 0 Å². The molecule has 0 bridgehead atoms. The Kier molecular flexibility index (Phi) is 5.94. The summed E-state index contributed by atoms with van der Waals surface area (Å²) >= 11 is 0. The second kappa shape index (κ2) is 8.38. The molecule has 0 amide bonds. The smallest absolute Gasteiger partial charge is 0.340 e. The maximum Gasteiger partial charge on any atom is 0.340 e. The summed E-state index contributed by atoms with van der Waals surface area (Å²) in [6.45, 7) is 0.714. The van der Waals surface area contributed by atoms with Gasteiger partial charge in [-0.2, -0.15) is 4.31 Å². The lowest BCUT2D eigenvalue weighted by molar-refractivity contribution is 0.0474. The van der Waals surface area contributed by atoms with E-state index in [9.17, 15) is 18.0 Å². The first-order valence-corrected chi connectivity index (χ1v) is 9.71. The maximum atomic E-state index is 12.7. The van der Waals surface area contributed by atoms with Crippen LogP contribution in [0.5, 0.6) is 0 Å². The number of hydrogen-bond donors (Lipinski definition) is 0. The number of ketones is 1.